The van der Waals surface area contributed by atoms with Gasteiger partial charge in [0.1, 0.15) is 16.5 Å². The van der Waals surface area contributed by atoms with E-state index in [2.05, 4.69) is 35.2 Å². The zero-order valence-electron chi connectivity index (χ0n) is 15.3. The van der Waals surface area contributed by atoms with Gasteiger partial charge in [-0.25, -0.2) is 9.97 Å². The van der Waals surface area contributed by atoms with Crippen molar-refractivity contribution in [2.24, 2.45) is 0 Å². The fourth-order valence-corrected chi connectivity index (χ4v) is 5.96. The summed E-state index contributed by atoms with van der Waals surface area (Å²) >= 11 is 3.70. The number of morpholine rings is 1. The van der Waals surface area contributed by atoms with Gasteiger partial charge < -0.3 is 9.64 Å². The summed E-state index contributed by atoms with van der Waals surface area (Å²) in [4.78, 5) is 16.4. The molecule has 0 N–H and O–H groups in total. The van der Waals surface area contributed by atoms with Crippen molar-refractivity contribution in [2.75, 3.05) is 31.2 Å². The van der Waals surface area contributed by atoms with Crippen LogP contribution in [0.2, 0.25) is 0 Å². The van der Waals surface area contributed by atoms with Crippen molar-refractivity contribution in [3.63, 3.8) is 0 Å². The zero-order chi connectivity index (χ0) is 18.1. The zero-order valence-corrected chi connectivity index (χ0v) is 17.0. The van der Waals surface area contributed by atoms with Crippen molar-refractivity contribution < 1.29 is 4.74 Å². The molecular formula is C21H23N3OS2. The maximum atomic E-state index is 5.58. The van der Waals surface area contributed by atoms with E-state index in [1.807, 2.05) is 23.1 Å². The van der Waals surface area contributed by atoms with Crippen LogP contribution in [-0.2, 0) is 23.3 Å². The van der Waals surface area contributed by atoms with E-state index in [1.165, 1.54) is 51.2 Å². The van der Waals surface area contributed by atoms with Crippen LogP contribution in [0.15, 0.2) is 35.2 Å². The Labute approximate surface area is 168 Å². The van der Waals surface area contributed by atoms with Gasteiger partial charge in [-0.15, -0.1) is 23.1 Å². The third-order valence-electron chi connectivity index (χ3n) is 5.26. The average molecular weight is 398 g/mol. The van der Waals surface area contributed by atoms with Crippen LogP contribution >= 0.6 is 23.1 Å². The summed E-state index contributed by atoms with van der Waals surface area (Å²) < 4.78 is 5.58. The predicted octanol–water partition coefficient (Wildman–Crippen LogP) is 4.70. The maximum absolute atomic E-state index is 5.58. The number of thiophene rings is 1. The molecule has 0 spiro atoms. The molecule has 3 heterocycles. The highest BCUT2D eigenvalue weighted by Gasteiger charge is 2.24. The third kappa shape index (κ3) is 3.58. The van der Waals surface area contributed by atoms with Crippen molar-refractivity contribution in [1.82, 2.24) is 9.97 Å². The highest BCUT2D eigenvalue weighted by molar-refractivity contribution is 7.98. The molecule has 0 atom stereocenters. The van der Waals surface area contributed by atoms with Gasteiger partial charge in [0.2, 0.25) is 0 Å². The molecule has 0 amide bonds. The van der Waals surface area contributed by atoms with Gasteiger partial charge in [0.25, 0.3) is 0 Å². The first-order valence-corrected chi connectivity index (χ1v) is 11.5. The number of anilines is 1. The van der Waals surface area contributed by atoms with Gasteiger partial charge >= 0.3 is 0 Å². The standard InChI is InChI=1S/C21H23N3OS2/c1-2-6-15(7-3-1)26-14-18-22-20(24-10-12-25-13-11-24)19-16-8-4-5-9-17(16)27-21(19)23-18/h1-3,6-7H,4-5,8-14H2. The lowest BCUT2D eigenvalue weighted by atomic mass is 9.97. The molecule has 1 saturated heterocycles. The monoisotopic (exact) mass is 397 g/mol. The molecule has 0 bridgehead atoms. The summed E-state index contributed by atoms with van der Waals surface area (Å²) in [5.74, 6) is 2.89. The predicted molar refractivity (Wildman–Crippen MR) is 113 cm³/mol. The van der Waals surface area contributed by atoms with E-state index in [0.717, 1.165) is 43.7 Å². The fraction of sp³-hybridized carbons (Fsp3) is 0.429. The quantitative estimate of drug-likeness (QED) is 0.597. The number of hydrogen-bond acceptors (Lipinski definition) is 6. The van der Waals surface area contributed by atoms with Crippen LogP contribution in [0, 0.1) is 0 Å². The lowest BCUT2D eigenvalue weighted by Gasteiger charge is -2.29. The fourth-order valence-electron chi connectivity index (χ4n) is 3.91. The largest absolute Gasteiger partial charge is 0.378 e. The molecule has 3 aromatic rings. The highest BCUT2D eigenvalue weighted by atomic mass is 32.2. The third-order valence-corrected chi connectivity index (χ3v) is 7.46. The van der Waals surface area contributed by atoms with Crippen LogP contribution in [0.1, 0.15) is 29.1 Å². The Hall–Kier alpha value is -1.63. The first-order valence-electron chi connectivity index (χ1n) is 9.70. The van der Waals surface area contributed by atoms with Gasteiger partial charge in [-0.05, 0) is 43.4 Å². The van der Waals surface area contributed by atoms with Gasteiger partial charge in [0, 0.05) is 22.9 Å². The van der Waals surface area contributed by atoms with Gasteiger partial charge in [-0.3, -0.25) is 0 Å². The van der Waals surface area contributed by atoms with Crippen LogP contribution in [0.3, 0.4) is 0 Å². The van der Waals surface area contributed by atoms with Gasteiger partial charge in [-0.1, -0.05) is 18.2 Å². The normalized spacial score (nSPS) is 17.3. The number of thioether (sulfide) groups is 1. The van der Waals surface area contributed by atoms with E-state index in [1.54, 1.807) is 0 Å². The van der Waals surface area contributed by atoms with Gasteiger partial charge in [0.05, 0.1) is 24.4 Å². The molecule has 1 aliphatic heterocycles. The van der Waals surface area contributed by atoms with Crippen molar-refractivity contribution in [3.8, 4) is 0 Å². The number of ether oxygens (including phenoxy) is 1. The van der Waals surface area contributed by atoms with Crippen LogP contribution in [-0.4, -0.2) is 36.3 Å². The topological polar surface area (TPSA) is 38.2 Å². The van der Waals surface area contributed by atoms with Crippen LogP contribution in [0.4, 0.5) is 5.82 Å². The van der Waals surface area contributed by atoms with Crippen molar-refractivity contribution in [2.45, 2.75) is 36.3 Å². The number of benzene rings is 1. The molecular weight excluding hydrogens is 374 g/mol. The second kappa shape index (κ2) is 7.78. The van der Waals surface area contributed by atoms with Crippen molar-refractivity contribution in [3.05, 3.63) is 46.6 Å². The van der Waals surface area contributed by atoms with Gasteiger partial charge in [0.15, 0.2) is 0 Å². The van der Waals surface area contributed by atoms with Gasteiger partial charge in [-0.2, -0.15) is 0 Å². The summed E-state index contributed by atoms with van der Waals surface area (Å²) in [6.45, 7) is 3.40. The lowest BCUT2D eigenvalue weighted by Crippen LogP contribution is -2.37. The Kier molecular flexibility index (Phi) is 5.03. The van der Waals surface area contributed by atoms with E-state index < -0.39 is 0 Å². The van der Waals surface area contributed by atoms with Crippen LogP contribution in [0.5, 0.6) is 0 Å². The van der Waals surface area contributed by atoms with Crippen molar-refractivity contribution in [1.29, 1.82) is 0 Å². The van der Waals surface area contributed by atoms with Crippen LogP contribution < -0.4 is 4.90 Å². The Morgan fingerprint density at radius 1 is 1.04 bits per heavy atom. The first kappa shape index (κ1) is 17.5. The molecule has 6 heteroatoms. The Bertz CT molecular complexity index is 935. The maximum Gasteiger partial charge on any atom is 0.142 e. The van der Waals surface area contributed by atoms with E-state index in [0.29, 0.717) is 0 Å². The molecule has 2 aliphatic rings. The number of nitrogens with zero attached hydrogens (tertiary/aromatic N) is 3. The van der Waals surface area contributed by atoms with E-state index in [9.17, 15) is 0 Å². The molecule has 5 rings (SSSR count). The van der Waals surface area contributed by atoms with Crippen molar-refractivity contribution >= 4 is 39.1 Å². The number of fused-ring (bicyclic) bond motifs is 3. The Morgan fingerprint density at radius 2 is 1.85 bits per heavy atom. The number of hydrogen-bond donors (Lipinski definition) is 0. The Balaban J connectivity index is 1.54. The summed E-state index contributed by atoms with van der Waals surface area (Å²) in [5.41, 5.74) is 1.52. The van der Waals surface area contributed by atoms with E-state index >= 15 is 0 Å². The van der Waals surface area contributed by atoms with Crippen LogP contribution in [0.25, 0.3) is 10.2 Å². The molecule has 2 aromatic heterocycles. The second-order valence-electron chi connectivity index (χ2n) is 7.06. The minimum absolute atomic E-state index is 0.784. The average Bonchev–Trinajstić information content (AvgIpc) is 3.11. The number of aryl methyl sites for hydroxylation is 2. The smallest absolute Gasteiger partial charge is 0.142 e. The molecule has 140 valence electrons. The number of rotatable bonds is 4. The summed E-state index contributed by atoms with van der Waals surface area (Å²) in [6.07, 6.45) is 4.96. The number of aromatic nitrogens is 2. The first-order chi connectivity index (χ1) is 13.4. The summed E-state index contributed by atoms with van der Waals surface area (Å²) in [7, 11) is 0. The molecule has 27 heavy (non-hydrogen) atoms. The molecule has 0 saturated carbocycles. The molecule has 1 fully saturated rings. The van der Waals surface area contributed by atoms with E-state index in [4.69, 9.17) is 14.7 Å². The lowest BCUT2D eigenvalue weighted by molar-refractivity contribution is 0.122. The highest BCUT2D eigenvalue weighted by Crippen LogP contribution is 2.40. The minimum Gasteiger partial charge on any atom is -0.378 e. The molecule has 1 aliphatic carbocycles. The molecule has 1 aromatic carbocycles. The molecule has 4 nitrogen and oxygen atoms in total. The minimum atomic E-state index is 0.784. The SMILES string of the molecule is c1ccc(SCc2nc(N3CCOCC3)c3c4c(sc3n2)CCCC4)cc1. The molecule has 0 unspecified atom stereocenters. The summed E-state index contributed by atoms with van der Waals surface area (Å²) in [5, 5.41) is 1.32. The Morgan fingerprint density at radius 3 is 2.70 bits per heavy atom. The second-order valence-corrected chi connectivity index (χ2v) is 9.19. The summed E-state index contributed by atoms with van der Waals surface area (Å²) in [6, 6.07) is 10.5. The van der Waals surface area contributed by atoms with E-state index in [-0.39, 0.29) is 0 Å². The molecule has 0 radical (unpaired) electrons.